The number of nitrogens with two attached hydrogens (primary N) is 1. The molecule has 0 aliphatic rings. The molecule has 0 spiro atoms. The summed E-state index contributed by atoms with van der Waals surface area (Å²) in [6.45, 7) is 5.45. The summed E-state index contributed by atoms with van der Waals surface area (Å²) in [5.41, 5.74) is 5.77. The van der Waals surface area contributed by atoms with Crippen LogP contribution in [0.1, 0.15) is 20.3 Å². The summed E-state index contributed by atoms with van der Waals surface area (Å²) >= 11 is 0. The maximum absolute atomic E-state index is 5.76. The Kier molecular flexibility index (Phi) is 5.95. The fourth-order valence-corrected chi connectivity index (χ4v) is 1.69. The average molecular weight is 283 g/mol. The van der Waals surface area contributed by atoms with Gasteiger partial charge in [0.15, 0.2) is 11.5 Å². The maximum atomic E-state index is 5.76. The van der Waals surface area contributed by atoms with Crippen LogP contribution in [0.3, 0.4) is 0 Å². The smallest absolute Gasteiger partial charge is 0.203 e. The topological polar surface area (TPSA) is 62.9 Å². The van der Waals surface area contributed by atoms with Crippen molar-refractivity contribution < 1.29 is 18.9 Å². The Bertz CT molecular complexity index is 407. The maximum Gasteiger partial charge on any atom is 0.203 e. The number of rotatable bonds is 8. The first-order chi connectivity index (χ1) is 9.47. The van der Waals surface area contributed by atoms with Gasteiger partial charge in [-0.3, -0.25) is 0 Å². The van der Waals surface area contributed by atoms with Gasteiger partial charge >= 0.3 is 0 Å². The molecule has 1 aromatic rings. The van der Waals surface area contributed by atoms with E-state index < -0.39 is 0 Å². The predicted octanol–water partition coefficient (Wildman–Crippen LogP) is 2.47. The standard InChI is InChI=1S/C15H25NO4/c1-15(2,10-16)6-7-20-11-8-12(17-3)14(19-5)13(9-11)18-4/h8-9H,6-7,10,16H2,1-5H3. The summed E-state index contributed by atoms with van der Waals surface area (Å²) < 4.78 is 21.6. The molecule has 5 nitrogen and oxygen atoms in total. The zero-order valence-corrected chi connectivity index (χ0v) is 13.0. The predicted molar refractivity (Wildman–Crippen MR) is 79.0 cm³/mol. The van der Waals surface area contributed by atoms with Gasteiger partial charge in [0.05, 0.1) is 27.9 Å². The number of hydrogen-bond donors (Lipinski definition) is 1. The summed E-state index contributed by atoms with van der Waals surface area (Å²) in [5.74, 6) is 2.41. The van der Waals surface area contributed by atoms with Gasteiger partial charge in [0.1, 0.15) is 5.75 Å². The Labute approximate surface area is 121 Å². The van der Waals surface area contributed by atoms with Crippen LogP contribution in [0.15, 0.2) is 12.1 Å². The Morgan fingerprint density at radius 1 is 1.00 bits per heavy atom. The fraction of sp³-hybridized carbons (Fsp3) is 0.600. The van der Waals surface area contributed by atoms with Gasteiger partial charge in [0, 0.05) is 12.1 Å². The van der Waals surface area contributed by atoms with Crippen LogP contribution in [0.2, 0.25) is 0 Å². The molecule has 0 amide bonds. The van der Waals surface area contributed by atoms with E-state index in [9.17, 15) is 0 Å². The van der Waals surface area contributed by atoms with Crippen molar-refractivity contribution in [1.82, 2.24) is 0 Å². The van der Waals surface area contributed by atoms with Crippen LogP contribution in [0.25, 0.3) is 0 Å². The Morgan fingerprint density at radius 3 is 1.95 bits per heavy atom. The summed E-state index contributed by atoms with van der Waals surface area (Å²) in [7, 11) is 4.74. The van der Waals surface area contributed by atoms with E-state index in [0.29, 0.717) is 36.1 Å². The molecular formula is C15H25NO4. The third-order valence-corrected chi connectivity index (χ3v) is 3.24. The van der Waals surface area contributed by atoms with Crippen molar-refractivity contribution in [3.05, 3.63) is 12.1 Å². The lowest BCUT2D eigenvalue weighted by Gasteiger charge is -2.22. The lowest BCUT2D eigenvalue weighted by Crippen LogP contribution is -2.25. The van der Waals surface area contributed by atoms with Crippen molar-refractivity contribution in [2.45, 2.75) is 20.3 Å². The molecule has 0 atom stereocenters. The first-order valence-corrected chi connectivity index (χ1v) is 6.60. The molecular weight excluding hydrogens is 258 g/mol. The van der Waals surface area contributed by atoms with E-state index >= 15 is 0 Å². The van der Waals surface area contributed by atoms with Gasteiger partial charge in [-0.25, -0.2) is 0 Å². The SMILES string of the molecule is COc1cc(OCCC(C)(C)CN)cc(OC)c1OC. The van der Waals surface area contributed by atoms with Gasteiger partial charge in [-0.05, 0) is 18.4 Å². The molecule has 20 heavy (non-hydrogen) atoms. The molecule has 0 saturated carbocycles. The van der Waals surface area contributed by atoms with Crippen molar-refractivity contribution in [3.8, 4) is 23.0 Å². The summed E-state index contributed by atoms with van der Waals surface area (Å²) in [4.78, 5) is 0. The molecule has 0 saturated heterocycles. The van der Waals surface area contributed by atoms with Crippen molar-refractivity contribution >= 4 is 0 Å². The minimum atomic E-state index is 0.0701. The molecule has 0 radical (unpaired) electrons. The number of hydrogen-bond acceptors (Lipinski definition) is 5. The molecule has 2 N–H and O–H groups in total. The van der Waals surface area contributed by atoms with Gasteiger partial charge in [-0.1, -0.05) is 13.8 Å². The Hall–Kier alpha value is -1.62. The van der Waals surface area contributed by atoms with Crippen LogP contribution in [-0.4, -0.2) is 34.5 Å². The van der Waals surface area contributed by atoms with Crippen molar-refractivity contribution in [1.29, 1.82) is 0 Å². The van der Waals surface area contributed by atoms with Crippen LogP contribution in [0, 0.1) is 5.41 Å². The first-order valence-electron chi connectivity index (χ1n) is 6.60. The van der Waals surface area contributed by atoms with Crippen molar-refractivity contribution in [2.75, 3.05) is 34.5 Å². The van der Waals surface area contributed by atoms with E-state index in [1.807, 2.05) is 0 Å². The van der Waals surface area contributed by atoms with Gasteiger partial charge in [-0.2, -0.15) is 0 Å². The van der Waals surface area contributed by atoms with Crippen LogP contribution < -0.4 is 24.7 Å². The van der Waals surface area contributed by atoms with Crippen molar-refractivity contribution in [3.63, 3.8) is 0 Å². The van der Waals surface area contributed by atoms with Crippen LogP contribution in [0.4, 0.5) is 0 Å². The highest BCUT2D eigenvalue weighted by Crippen LogP contribution is 2.40. The van der Waals surface area contributed by atoms with E-state index in [1.165, 1.54) is 0 Å². The van der Waals surface area contributed by atoms with Crippen LogP contribution in [0.5, 0.6) is 23.0 Å². The lowest BCUT2D eigenvalue weighted by molar-refractivity contribution is 0.231. The highest BCUT2D eigenvalue weighted by atomic mass is 16.5. The normalized spacial score (nSPS) is 11.1. The first kappa shape index (κ1) is 16.4. The molecule has 0 aromatic heterocycles. The zero-order chi connectivity index (χ0) is 15.2. The minimum absolute atomic E-state index is 0.0701. The van der Waals surface area contributed by atoms with Gasteiger partial charge in [0.2, 0.25) is 5.75 Å². The molecule has 0 fully saturated rings. The molecule has 5 heteroatoms. The highest BCUT2D eigenvalue weighted by Gasteiger charge is 2.17. The van der Waals surface area contributed by atoms with E-state index in [1.54, 1.807) is 33.5 Å². The molecule has 1 rings (SSSR count). The average Bonchev–Trinajstić information content (AvgIpc) is 2.45. The molecule has 1 aromatic carbocycles. The highest BCUT2D eigenvalue weighted by molar-refractivity contribution is 5.55. The largest absolute Gasteiger partial charge is 0.493 e. The molecule has 0 aliphatic carbocycles. The molecule has 0 unspecified atom stereocenters. The third kappa shape index (κ3) is 4.20. The number of benzene rings is 1. The van der Waals surface area contributed by atoms with E-state index in [0.717, 1.165) is 6.42 Å². The van der Waals surface area contributed by atoms with Crippen molar-refractivity contribution in [2.24, 2.45) is 11.1 Å². The molecule has 114 valence electrons. The lowest BCUT2D eigenvalue weighted by atomic mass is 9.90. The summed E-state index contributed by atoms with van der Waals surface area (Å²) in [6.07, 6.45) is 0.875. The second-order valence-corrected chi connectivity index (χ2v) is 5.33. The van der Waals surface area contributed by atoms with E-state index in [-0.39, 0.29) is 5.41 Å². The van der Waals surface area contributed by atoms with Gasteiger partial charge in [-0.15, -0.1) is 0 Å². The second-order valence-electron chi connectivity index (χ2n) is 5.33. The molecule has 0 bridgehead atoms. The molecule has 0 heterocycles. The van der Waals surface area contributed by atoms with Gasteiger partial charge < -0.3 is 24.7 Å². The fourth-order valence-electron chi connectivity index (χ4n) is 1.69. The minimum Gasteiger partial charge on any atom is -0.493 e. The second kappa shape index (κ2) is 7.24. The van der Waals surface area contributed by atoms with Crippen LogP contribution >= 0.6 is 0 Å². The van der Waals surface area contributed by atoms with Gasteiger partial charge in [0.25, 0.3) is 0 Å². The molecule has 0 aliphatic heterocycles. The zero-order valence-electron chi connectivity index (χ0n) is 13.0. The summed E-state index contributed by atoms with van der Waals surface area (Å²) in [6, 6.07) is 3.58. The van der Waals surface area contributed by atoms with Crippen LogP contribution in [-0.2, 0) is 0 Å². The number of methoxy groups -OCH3 is 3. The Balaban J connectivity index is 2.81. The van der Waals surface area contributed by atoms with E-state index in [2.05, 4.69) is 13.8 Å². The summed E-state index contributed by atoms with van der Waals surface area (Å²) in [5, 5.41) is 0. The van der Waals surface area contributed by atoms with E-state index in [4.69, 9.17) is 24.7 Å². The monoisotopic (exact) mass is 283 g/mol. The third-order valence-electron chi connectivity index (χ3n) is 3.24. The quantitative estimate of drug-likeness (QED) is 0.794. The number of ether oxygens (including phenoxy) is 4. The Morgan fingerprint density at radius 2 is 1.55 bits per heavy atom.